The first-order valence-electron chi connectivity index (χ1n) is 8.24. The Balaban J connectivity index is 4.09. The van der Waals surface area contributed by atoms with Crippen molar-refractivity contribution in [2.45, 2.75) is 71.3 Å². The predicted molar refractivity (Wildman–Crippen MR) is 98.8 cm³/mol. The lowest BCUT2D eigenvalue weighted by Gasteiger charge is -2.13. The van der Waals surface area contributed by atoms with Gasteiger partial charge in [0, 0.05) is 12.0 Å². The summed E-state index contributed by atoms with van der Waals surface area (Å²) in [7, 11) is 0. The van der Waals surface area contributed by atoms with Crippen molar-refractivity contribution < 1.29 is 5.11 Å². The fourth-order valence-electron chi connectivity index (χ4n) is 2.39. The summed E-state index contributed by atoms with van der Waals surface area (Å²) in [5.41, 5.74) is 4.07. The van der Waals surface area contributed by atoms with Gasteiger partial charge in [-0.15, -0.1) is 18.9 Å². The molecule has 0 aromatic carbocycles. The summed E-state index contributed by atoms with van der Waals surface area (Å²) in [5.74, 6) is 3.11. The van der Waals surface area contributed by atoms with E-state index in [-0.39, 0.29) is 0 Å². The fourth-order valence-corrected chi connectivity index (χ4v) is 2.61. The highest BCUT2D eigenvalue weighted by Gasteiger charge is 2.07. The molecule has 2 unspecified atom stereocenters. The minimum absolute atomic E-state index is 0.404. The molecule has 1 nitrogen and oxygen atoms in total. The Bertz CT molecular complexity index is 400. The van der Waals surface area contributed by atoms with Gasteiger partial charge in [0.2, 0.25) is 0 Å². The molecule has 0 saturated heterocycles. The van der Waals surface area contributed by atoms with Crippen molar-refractivity contribution in [3.05, 3.63) is 35.4 Å². The quantitative estimate of drug-likeness (QED) is 0.266. The van der Waals surface area contributed by atoms with Gasteiger partial charge in [-0.2, -0.15) is 0 Å². The Morgan fingerprint density at radius 3 is 2.64 bits per heavy atom. The van der Waals surface area contributed by atoms with Crippen LogP contribution in [-0.4, -0.2) is 11.2 Å². The van der Waals surface area contributed by atoms with Crippen molar-refractivity contribution in [3.8, 4) is 12.3 Å². The molecule has 1 N–H and O–H groups in total. The van der Waals surface area contributed by atoms with E-state index in [9.17, 15) is 5.11 Å². The molecule has 0 aliphatic rings. The van der Waals surface area contributed by atoms with Gasteiger partial charge in [-0.1, -0.05) is 42.7 Å². The number of allylic oxidation sites excluding steroid dienone is 2. The van der Waals surface area contributed by atoms with E-state index >= 15 is 0 Å². The van der Waals surface area contributed by atoms with Gasteiger partial charge in [0.05, 0.1) is 6.10 Å². The molecular formula is C20H31ClO. The van der Waals surface area contributed by atoms with Crippen LogP contribution in [0.2, 0.25) is 0 Å². The van der Waals surface area contributed by atoms with Gasteiger partial charge >= 0.3 is 0 Å². The highest BCUT2D eigenvalue weighted by Crippen LogP contribution is 2.21. The van der Waals surface area contributed by atoms with Gasteiger partial charge in [-0.25, -0.2) is 0 Å². The lowest BCUT2D eigenvalue weighted by Crippen LogP contribution is -2.08. The number of hydrogen-bond donors (Lipinski definition) is 1. The van der Waals surface area contributed by atoms with Crippen LogP contribution in [0, 0.1) is 18.3 Å². The molecule has 0 fully saturated rings. The molecular weight excluding hydrogens is 292 g/mol. The fraction of sp³-hybridized carbons (Fsp3) is 0.600. The number of terminal acetylenes is 1. The van der Waals surface area contributed by atoms with Crippen molar-refractivity contribution in [1.29, 1.82) is 0 Å². The van der Waals surface area contributed by atoms with Crippen molar-refractivity contribution in [3.63, 3.8) is 0 Å². The molecule has 22 heavy (non-hydrogen) atoms. The van der Waals surface area contributed by atoms with Crippen LogP contribution in [0.3, 0.4) is 0 Å². The number of hydrogen-bond acceptors (Lipinski definition) is 1. The first-order chi connectivity index (χ1) is 10.5. The SMILES string of the molecule is C#CCCCCCC(=CCl)CCC(C)C=C(C)C(O)CC=C. The van der Waals surface area contributed by atoms with Crippen molar-refractivity contribution in [1.82, 2.24) is 0 Å². The summed E-state index contributed by atoms with van der Waals surface area (Å²) in [6.07, 6.45) is 16.8. The van der Waals surface area contributed by atoms with Gasteiger partial charge < -0.3 is 5.11 Å². The molecule has 0 heterocycles. The van der Waals surface area contributed by atoms with E-state index in [1.807, 2.05) is 6.92 Å². The topological polar surface area (TPSA) is 20.2 Å². The average molecular weight is 323 g/mol. The predicted octanol–water partition coefficient (Wildman–Crippen LogP) is 5.99. The maximum Gasteiger partial charge on any atom is 0.0781 e. The molecule has 0 aromatic rings. The molecule has 0 saturated carbocycles. The zero-order valence-corrected chi connectivity index (χ0v) is 14.9. The Morgan fingerprint density at radius 1 is 1.32 bits per heavy atom. The van der Waals surface area contributed by atoms with Gasteiger partial charge in [0.25, 0.3) is 0 Å². The number of unbranched alkanes of at least 4 members (excludes halogenated alkanes) is 3. The average Bonchev–Trinajstić information content (AvgIpc) is 2.50. The molecule has 0 bridgehead atoms. The number of aliphatic hydroxyl groups excluding tert-OH is 1. The van der Waals surface area contributed by atoms with Crippen LogP contribution >= 0.6 is 11.6 Å². The Labute approximate surface area is 142 Å². The summed E-state index contributed by atoms with van der Waals surface area (Å²) >= 11 is 5.93. The van der Waals surface area contributed by atoms with Crippen molar-refractivity contribution >= 4 is 11.6 Å². The van der Waals surface area contributed by atoms with Crippen molar-refractivity contribution in [2.24, 2.45) is 5.92 Å². The Kier molecular flexibility index (Phi) is 13.1. The minimum atomic E-state index is -0.404. The highest BCUT2D eigenvalue weighted by molar-refractivity contribution is 6.25. The van der Waals surface area contributed by atoms with E-state index in [4.69, 9.17) is 18.0 Å². The number of rotatable bonds is 12. The molecule has 2 atom stereocenters. The summed E-state index contributed by atoms with van der Waals surface area (Å²) < 4.78 is 0. The van der Waals surface area contributed by atoms with E-state index in [0.717, 1.165) is 44.1 Å². The molecule has 0 spiro atoms. The lowest BCUT2D eigenvalue weighted by atomic mass is 9.95. The van der Waals surface area contributed by atoms with Crippen LogP contribution in [0.25, 0.3) is 0 Å². The number of halogens is 1. The first-order valence-corrected chi connectivity index (χ1v) is 8.67. The van der Waals surface area contributed by atoms with Crippen LogP contribution in [0.15, 0.2) is 35.4 Å². The van der Waals surface area contributed by atoms with Crippen LogP contribution in [0.1, 0.15) is 65.2 Å². The van der Waals surface area contributed by atoms with E-state index in [2.05, 4.69) is 25.5 Å². The van der Waals surface area contributed by atoms with E-state index in [0.29, 0.717) is 12.3 Å². The smallest absolute Gasteiger partial charge is 0.0781 e. The molecule has 0 aliphatic carbocycles. The molecule has 0 amide bonds. The van der Waals surface area contributed by atoms with E-state index < -0.39 is 6.10 Å². The second-order valence-corrected chi connectivity index (χ2v) is 6.22. The van der Waals surface area contributed by atoms with Crippen LogP contribution in [-0.2, 0) is 0 Å². The molecule has 124 valence electrons. The van der Waals surface area contributed by atoms with E-state index in [1.54, 1.807) is 11.6 Å². The zero-order valence-electron chi connectivity index (χ0n) is 14.2. The summed E-state index contributed by atoms with van der Waals surface area (Å²) in [4.78, 5) is 0. The third-order valence-electron chi connectivity index (χ3n) is 3.86. The second-order valence-electron chi connectivity index (χ2n) is 6.00. The molecule has 0 aromatic heterocycles. The monoisotopic (exact) mass is 322 g/mol. The maximum atomic E-state index is 9.89. The molecule has 0 aliphatic heterocycles. The first kappa shape index (κ1) is 21.0. The Morgan fingerprint density at radius 2 is 2.05 bits per heavy atom. The Hall–Kier alpha value is -0.970. The minimum Gasteiger partial charge on any atom is -0.388 e. The maximum absolute atomic E-state index is 9.89. The normalized spacial score (nSPS) is 15.2. The second kappa shape index (κ2) is 13.7. The molecule has 2 heteroatoms. The summed E-state index contributed by atoms with van der Waals surface area (Å²) in [6.45, 7) is 7.82. The third kappa shape index (κ3) is 10.7. The molecule has 0 rings (SSSR count). The van der Waals surface area contributed by atoms with Gasteiger partial charge in [-0.05, 0) is 56.9 Å². The molecule has 0 radical (unpaired) electrons. The van der Waals surface area contributed by atoms with Gasteiger partial charge in [-0.3, -0.25) is 0 Å². The van der Waals surface area contributed by atoms with Crippen molar-refractivity contribution in [2.75, 3.05) is 0 Å². The summed E-state index contributed by atoms with van der Waals surface area (Å²) in [5, 5.41) is 9.89. The van der Waals surface area contributed by atoms with E-state index in [1.165, 1.54) is 12.0 Å². The number of aliphatic hydroxyl groups is 1. The van der Waals surface area contributed by atoms with Gasteiger partial charge in [0.1, 0.15) is 0 Å². The van der Waals surface area contributed by atoms with Crippen LogP contribution < -0.4 is 0 Å². The van der Waals surface area contributed by atoms with Gasteiger partial charge in [0.15, 0.2) is 0 Å². The van der Waals surface area contributed by atoms with Crippen LogP contribution in [0.5, 0.6) is 0 Å². The largest absolute Gasteiger partial charge is 0.388 e. The van der Waals surface area contributed by atoms with Crippen LogP contribution in [0.4, 0.5) is 0 Å². The standard InChI is InChI=1S/C20H31ClO/c1-5-7-8-9-10-12-19(16-21)14-13-17(3)15-18(4)20(22)11-6-2/h1,6,15-17,20,22H,2,7-14H2,3-4H3. The lowest BCUT2D eigenvalue weighted by molar-refractivity contribution is 0.213. The zero-order chi connectivity index (χ0) is 16.8. The summed E-state index contributed by atoms with van der Waals surface area (Å²) in [6, 6.07) is 0. The highest BCUT2D eigenvalue weighted by atomic mass is 35.5. The third-order valence-corrected chi connectivity index (χ3v) is 4.17.